The van der Waals surface area contributed by atoms with Crippen LogP contribution in [0.3, 0.4) is 0 Å². The minimum Gasteiger partial charge on any atom is -0.343 e. The van der Waals surface area contributed by atoms with Crippen LogP contribution < -0.4 is 5.32 Å². The first kappa shape index (κ1) is 17.9. The van der Waals surface area contributed by atoms with Gasteiger partial charge in [-0.1, -0.05) is 49.4 Å². The number of allylic oxidation sites excluding steroid dienone is 2. The largest absolute Gasteiger partial charge is 0.343 e. The Hall–Kier alpha value is -3.21. The highest BCUT2D eigenvalue weighted by molar-refractivity contribution is 6.00. The highest BCUT2D eigenvalue weighted by Crippen LogP contribution is 2.45. The number of fused-ring (bicyclic) bond motifs is 1. The molecule has 0 amide bonds. The summed E-state index contributed by atoms with van der Waals surface area (Å²) >= 11 is 0. The molecule has 0 unspecified atom stereocenters. The van der Waals surface area contributed by atoms with E-state index >= 15 is 0 Å². The van der Waals surface area contributed by atoms with Crippen molar-refractivity contribution in [2.24, 2.45) is 5.92 Å². The first-order valence-electron chi connectivity index (χ1n) is 9.96. The zero-order valence-corrected chi connectivity index (χ0v) is 16.4. The number of aromatic nitrogens is 2. The van der Waals surface area contributed by atoms with E-state index in [1.165, 1.54) is 12.1 Å². The van der Waals surface area contributed by atoms with Gasteiger partial charge in [0.1, 0.15) is 17.7 Å². The summed E-state index contributed by atoms with van der Waals surface area (Å²) < 4.78 is 15.4. The molecule has 1 aliphatic heterocycles. The van der Waals surface area contributed by atoms with Crippen molar-refractivity contribution in [3.8, 4) is 11.1 Å². The van der Waals surface area contributed by atoms with Crippen LogP contribution in [0, 0.1) is 18.7 Å². The molecule has 0 spiro atoms. The molecule has 1 N–H and O–H groups in total. The number of anilines is 1. The van der Waals surface area contributed by atoms with Gasteiger partial charge in [-0.3, -0.25) is 4.79 Å². The van der Waals surface area contributed by atoms with E-state index in [-0.39, 0.29) is 17.6 Å². The molecule has 146 valence electrons. The molecule has 0 saturated carbocycles. The SMILES string of the molecule is Cc1nn2c(c1-c1ccc(F)cc1)NC1=C(C(=O)C[C@H](C)C1)[C@@H]2c1ccccc1. The number of aryl methyl sites for hydroxylation is 1. The van der Waals surface area contributed by atoms with E-state index in [1.807, 2.05) is 41.9 Å². The molecule has 1 aliphatic carbocycles. The zero-order chi connectivity index (χ0) is 20.1. The van der Waals surface area contributed by atoms with Gasteiger partial charge in [-0.25, -0.2) is 9.07 Å². The number of Topliss-reactive ketones (excluding diaryl/α,β-unsaturated/α-hetero) is 1. The van der Waals surface area contributed by atoms with Crippen LogP contribution in [-0.4, -0.2) is 15.6 Å². The zero-order valence-electron chi connectivity index (χ0n) is 16.4. The van der Waals surface area contributed by atoms with Crippen LogP contribution in [0.5, 0.6) is 0 Å². The van der Waals surface area contributed by atoms with Gasteiger partial charge in [0, 0.05) is 23.3 Å². The van der Waals surface area contributed by atoms with Gasteiger partial charge in [0.2, 0.25) is 0 Å². The minimum atomic E-state index is -0.265. The van der Waals surface area contributed by atoms with Crippen molar-refractivity contribution in [1.29, 1.82) is 0 Å². The molecule has 2 heterocycles. The van der Waals surface area contributed by atoms with Crippen molar-refractivity contribution in [2.75, 3.05) is 5.32 Å². The molecule has 0 radical (unpaired) electrons. The number of hydrogen-bond donors (Lipinski definition) is 1. The lowest BCUT2D eigenvalue weighted by Crippen LogP contribution is -2.33. The molecule has 0 bridgehead atoms. The first-order chi connectivity index (χ1) is 14.0. The summed E-state index contributed by atoms with van der Waals surface area (Å²) in [6.45, 7) is 4.07. The highest BCUT2D eigenvalue weighted by Gasteiger charge is 2.39. The predicted molar refractivity (Wildman–Crippen MR) is 111 cm³/mol. The second-order valence-electron chi connectivity index (χ2n) is 8.03. The van der Waals surface area contributed by atoms with Gasteiger partial charge in [-0.15, -0.1) is 0 Å². The molecule has 5 rings (SSSR count). The average Bonchev–Trinajstić information content (AvgIpc) is 3.03. The molecule has 1 aromatic heterocycles. The van der Waals surface area contributed by atoms with Crippen molar-refractivity contribution in [2.45, 2.75) is 32.7 Å². The molecule has 2 aromatic carbocycles. The molecule has 0 fully saturated rings. The fourth-order valence-electron chi connectivity index (χ4n) is 4.59. The Bertz CT molecular complexity index is 1130. The lowest BCUT2D eigenvalue weighted by molar-refractivity contribution is -0.117. The standard InChI is InChI=1S/C24H22FN3O/c1-14-12-19-22(20(29)13-14)23(17-6-4-3-5-7-17)28-24(26-19)21(15(2)27-28)16-8-10-18(25)11-9-16/h3-11,14,23,26H,12-13H2,1-2H3/t14-,23+/m1/s1. The lowest BCUT2D eigenvalue weighted by Gasteiger charge is -2.35. The summed E-state index contributed by atoms with van der Waals surface area (Å²) in [6.07, 6.45) is 1.39. The quantitative estimate of drug-likeness (QED) is 0.652. The van der Waals surface area contributed by atoms with Crippen molar-refractivity contribution >= 4 is 11.6 Å². The van der Waals surface area contributed by atoms with Crippen LogP contribution >= 0.6 is 0 Å². The fourth-order valence-corrected chi connectivity index (χ4v) is 4.59. The molecule has 3 aromatic rings. The lowest BCUT2D eigenvalue weighted by atomic mass is 9.81. The highest BCUT2D eigenvalue weighted by atomic mass is 19.1. The monoisotopic (exact) mass is 387 g/mol. The van der Waals surface area contributed by atoms with Gasteiger partial charge < -0.3 is 5.32 Å². The van der Waals surface area contributed by atoms with E-state index in [0.717, 1.165) is 45.9 Å². The normalized spacial score (nSPS) is 20.9. The predicted octanol–water partition coefficient (Wildman–Crippen LogP) is 5.27. The second-order valence-corrected chi connectivity index (χ2v) is 8.03. The van der Waals surface area contributed by atoms with Crippen LogP contribution in [0.1, 0.15) is 37.1 Å². The van der Waals surface area contributed by atoms with Crippen molar-refractivity contribution < 1.29 is 9.18 Å². The molecular formula is C24H22FN3O. The average molecular weight is 387 g/mol. The maximum atomic E-state index is 13.5. The van der Waals surface area contributed by atoms with Gasteiger partial charge in [-0.2, -0.15) is 5.10 Å². The summed E-state index contributed by atoms with van der Waals surface area (Å²) in [5, 5.41) is 8.35. The van der Waals surface area contributed by atoms with Gasteiger partial charge >= 0.3 is 0 Å². The Kier molecular flexibility index (Phi) is 4.12. The van der Waals surface area contributed by atoms with Crippen LogP contribution in [-0.2, 0) is 4.79 Å². The maximum absolute atomic E-state index is 13.5. The third-order valence-electron chi connectivity index (χ3n) is 5.83. The third kappa shape index (κ3) is 2.89. The van der Waals surface area contributed by atoms with Crippen molar-refractivity contribution in [1.82, 2.24) is 9.78 Å². The van der Waals surface area contributed by atoms with Crippen LogP contribution in [0.4, 0.5) is 10.2 Å². The molecule has 29 heavy (non-hydrogen) atoms. The Labute approximate surface area is 169 Å². The first-order valence-corrected chi connectivity index (χ1v) is 9.96. The summed E-state index contributed by atoms with van der Waals surface area (Å²) in [6, 6.07) is 16.3. The third-order valence-corrected chi connectivity index (χ3v) is 5.83. The van der Waals surface area contributed by atoms with Gasteiger partial charge in [0.05, 0.1) is 5.69 Å². The summed E-state index contributed by atoms with van der Waals surface area (Å²) in [7, 11) is 0. The number of nitrogens with one attached hydrogen (secondary N) is 1. The molecule has 0 saturated heterocycles. The van der Waals surface area contributed by atoms with Crippen LogP contribution in [0.15, 0.2) is 65.9 Å². The summed E-state index contributed by atoms with van der Waals surface area (Å²) in [5.41, 5.74) is 5.54. The van der Waals surface area contributed by atoms with Crippen molar-refractivity contribution in [3.05, 3.63) is 82.9 Å². The summed E-state index contributed by atoms with van der Waals surface area (Å²) in [4.78, 5) is 13.1. The second kappa shape index (κ2) is 6.69. The number of ketones is 1. The maximum Gasteiger partial charge on any atom is 0.163 e. The van der Waals surface area contributed by atoms with E-state index in [1.54, 1.807) is 12.1 Å². The number of carbonyl (C=O) groups is 1. The topological polar surface area (TPSA) is 46.9 Å². The van der Waals surface area contributed by atoms with Gasteiger partial charge in [0.25, 0.3) is 0 Å². The molecule has 5 heteroatoms. The fraction of sp³-hybridized carbons (Fsp3) is 0.250. The number of carbonyl (C=O) groups excluding carboxylic acids is 1. The molecule has 4 nitrogen and oxygen atoms in total. The smallest absolute Gasteiger partial charge is 0.163 e. The Morgan fingerprint density at radius 1 is 1.07 bits per heavy atom. The van der Waals surface area contributed by atoms with E-state index in [4.69, 9.17) is 5.10 Å². The van der Waals surface area contributed by atoms with E-state index in [9.17, 15) is 9.18 Å². The Morgan fingerprint density at radius 2 is 1.79 bits per heavy atom. The summed E-state index contributed by atoms with van der Waals surface area (Å²) in [5.74, 6) is 1.08. The Morgan fingerprint density at radius 3 is 2.52 bits per heavy atom. The van der Waals surface area contributed by atoms with Gasteiger partial charge in [-0.05, 0) is 42.5 Å². The number of rotatable bonds is 2. The van der Waals surface area contributed by atoms with Crippen molar-refractivity contribution in [3.63, 3.8) is 0 Å². The number of nitrogens with zero attached hydrogens (tertiary/aromatic N) is 2. The minimum absolute atomic E-state index is 0.183. The van der Waals surface area contributed by atoms with Crippen LogP contribution in [0.25, 0.3) is 11.1 Å². The molecule has 2 aliphatic rings. The van der Waals surface area contributed by atoms with Crippen LogP contribution in [0.2, 0.25) is 0 Å². The van der Waals surface area contributed by atoms with Gasteiger partial charge in [0.15, 0.2) is 5.78 Å². The number of hydrogen-bond acceptors (Lipinski definition) is 3. The van der Waals surface area contributed by atoms with E-state index in [0.29, 0.717) is 12.3 Å². The van der Waals surface area contributed by atoms with E-state index in [2.05, 4.69) is 12.2 Å². The number of halogens is 1. The molecule has 2 atom stereocenters. The molecular weight excluding hydrogens is 365 g/mol. The van der Waals surface area contributed by atoms with E-state index < -0.39 is 0 Å². The Balaban J connectivity index is 1.74. The number of benzene rings is 2.